The first kappa shape index (κ1) is 9.19. The van der Waals surface area contributed by atoms with Crippen LogP contribution in [-0.2, 0) is 9.53 Å². The predicted molar refractivity (Wildman–Crippen MR) is 47.3 cm³/mol. The number of carbonyl (C=O) groups is 1. The Morgan fingerprint density at radius 3 is 2.83 bits per heavy atom. The van der Waals surface area contributed by atoms with E-state index in [1.165, 1.54) is 18.4 Å². The molecule has 0 saturated carbocycles. The van der Waals surface area contributed by atoms with Gasteiger partial charge in [-0.2, -0.15) is 0 Å². The Morgan fingerprint density at radius 1 is 1.75 bits per heavy atom. The molecule has 0 aliphatic rings. The minimum absolute atomic E-state index is 0.193. The van der Waals surface area contributed by atoms with Gasteiger partial charge in [-0.1, -0.05) is 0 Å². The average molecular weight is 185 g/mol. The Hall–Kier alpha value is -0.900. The largest absolute Gasteiger partial charge is 0.469 e. The quantitative estimate of drug-likeness (QED) is 0.659. The number of methoxy groups -OCH3 is 1. The van der Waals surface area contributed by atoms with Gasteiger partial charge in [0.1, 0.15) is 0 Å². The van der Waals surface area contributed by atoms with Gasteiger partial charge in [0.2, 0.25) is 0 Å². The summed E-state index contributed by atoms with van der Waals surface area (Å²) in [6.07, 6.45) is 1.72. The van der Waals surface area contributed by atoms with Gasteiger partial charge in [-0.05, 0) is 13.8 Å². The summed E-state index contributed by atoms with van der Waals surface area (Å²) in [6.45, 7) is 3.73. The fourth-order valence-electron chi connectivity index (χ4n) is 0.871. The molecular formula is C8H11NO2S. The lowest BCUT2D eigenvalue weighted by Gasteiger charge is -2.04. The number of hydrogen-bond acceptors (Lipinski definition) is 4. The molecule has 3 nitrogen and oxygen atoms in total. The summed E-state index contributed by atoms with van der Waals surface area (Å²) in [5.41, 5.74) is 0. The van der Waals surface area contributed by atoms with Gasteiger partial charge in [0.05, 0.1) is 18.0 Å². The van der Waals surface area contributed by atoms with Crippen LogP contribution < -0.4 is 0 Å². The van der Waals surface area contributed by atoms with Crippen molar-refractivity contribution in [2.24, 2.45) is 0 Å². The van der Waals surface area contributed by atoms with E-state index < -0.39 is 0 Å². The van der Waals surface area contributed by atoms with Crippen molar-refractivity contribution >= 4 is 17.3 Å². The molecule has 0 radical (unpaired) electrons. The number of nitrogens with zero attached hydrogens (tertiary/aromatic N) is 1. The Kier molecular flexibility index (Phi) is 2.81. The summed E-state index contributed by atoms with van der Waals surface area (Å²) in [6, 6.07) is 0. The van der Waals surface area contributed by atoms with E-state index in [1.807, 2.05) is 13.8 Å². The zero-order valence-corrected chi connectivity index (χ0v) is 8.14. The predicted octanol–water partition coefficient (Wildman–Crippen LogP) is 1.73. The SMILES string of the molecule is COC(=O)[C@@H](C)c1cnc(C)s1. The molecule has 0 fully saturated rings. The summed E-state index contributed by atoms with van der Waals surface area (Å²) in [4.78, 5) is 16.1. The number of ether oxygens (including phenoxy) is 1. The third-order valence-electron chi connectivity index (χ3n) is 1.62. The molecule has 0 spiro atoms. The van der Waals surface area contributed by atoms with Gasteiger partial charge < -0.3 is 4.74 Å². The van der Waals surface area contributed by atoms with Gasteiger partial charge in [0.25, 0.3) is 0 Å². The average Bonchev–Trinajstić information content (AvgIpc) is 2.49. The first-order valence-corrected chi connectivity index (χ1v) is 4.47. The molecule has 1 heterocycles. The summed E-state index contributed by atoms with van der Waals surface area (Å²) in [5, 5.41) is 0.973. The number of hydrogen-bond donors (Lipinski definition) is 0. The number of carbonyl (C=O) groups excluding carboxylic acids is 1. The van der Waals surface area contributed by atoms with Crippen LogP contribution >= 0.6 is 11.3 Å². The van der Waals surface area contributed by atoms with Crippen LogP contribution in [0.3, 0.4) is 0 Å². The smallest absolute Gasteiger partial charge is 0.313 e. The maximum absolute atomic E-state index is 11.1. The van der Waals surface area contributed by atoms with E-state index in [0.29, 0.717) is 0 Å². The topological polar surface area (TPSA) is 39.2 Å². The highest BCUT2D eigenvalue weighted by atomic mass is 32.1. The molecule has 0 unspecified atom stereocenters. The Balaban J connectivity index is 2.77. The van der Waals surface area contributed by atoms with Crippen molar-refractivity contribution in [3.63, 3.8) is 0 Å². The summed E-state index contributed by atoms with van der Waals surface area (Å²) >= 11 is 1.53. The molecule has 12 heavy (non-hydrogen) atoms. The lowest BCUT2D eigenvalue weighted by atomic mass is 10.1. The van der Waals surface area contributed by atoms with Gasteiger partial charge >= 0.3 is 5.97 Å². The van der Waals surface area contributed by atoms with E-state index in [1.54, 1.807) is 6.20 Å². The summed E-state index contributed by atoms with van der Waals surface area (Å²) in [5.74, 6) is -0.403. The zero-order valence-electron chi connectivity index (χ0n) is 7.33. The van der Waals surface area contributed by atoms with Gasteiger partial charge in [-0.3, -0.25) is 4.79 Å². The zero-order chi connectivity index (χ0) is 9.14. The molecule has 1 rings (SSSR count). The Labute approximate surface area is 75.4 Å². The highest BCUT2D eigenvalue weighted by Crippen LogP contribution is 2.22. The van der Waals surface area contributed by atoms with Crippen molar-refractivity contribution in [3.05, 3.63) is 16.1 Å². The maximum Gasteiger partial charge on any atom is 0.313 e. The first-order chi connectivity index (χ1) is 5.65. The van der Waals surface area contributed by atoms with Crippen LogP contribution in [0.1, 0.15) is 22.7 Å². The fraction of sp³-hybridized carbons (Fsp3) is 0.500. The molecule has 0 aliphatic carbocycles. The fourth-order valence-corrected chi connectivity index (χ4v) is 1.70. The molecule has 66 valence electrons. The van der Waals surface area contributed by atoms with E-state index in [4.69, 9.17) is 0 Å². The lowest BCUT2D eigenvalue weighted by molar-refractivity contribution is -0.141. The normalized spacial score (nSPS) is 12.6. The van der Waals surface area contributed by atoms with Crippen molar-refractivity contribution in [1.29, 1.82) is 0 Å². The van der Waals surface area contributed by atoms with E-state index in [-0.39, 0.29) is 11.9 Å². The third kappa shape index (κ3) is 1.82. The van der Waals surface area contributed by atoms with Crippen molar-refractivity contribution in [2.75, 3.05) is 7.11 Å². The van der Waals surface area contributed by atoms with Gasteiger partial charge in [-0.25, -0.2) is 4.98 Å². The van der Waals surface area contributed by atoms with Crippen molar-refractivity contribution in [1.82, 2.24) is 4.98 Å². The highest BCUT2D eigenvalue weighted by molar-refractivity contribution is 7.11. The molecule has 0 bridgehead atoms. The summed E-state index contributed by atoms with van der Waals surface area (Å²) in [7, 11) is 1.40. The van der Waals surface area contributed by atoms with Gasteiger partial charge in [0.15, 0.2) is 0 Å². The Bertz CT molecular complexity index is 282. The second-order valence-electron chi connectivity index (χ2n) is 2.53. The number of aromatic nitrogens is 1. The third-order valence-corrected chi connectivity index (χ3v) is 2.72. The van der Waals surface area contributed by atoms with Crippen LogP contribution in [0.4, 0.5) is 0 Å². The molecule has 1 atom stereocenters. The van der Waals surface area contributed by atoms with Crippen LogP contribution in [0.15, 0.2) is 6.20 Å². The van der Waals surface area contributed by atoms with Crippen molar-refractivity contribution < 1.29 is 9.53 Å². The van der Waals surface area contributed by atoms with Gasteiger partial charge in [0, 0.05) is 11.1 Å². The van der Waals surface area contributed by atoms with Crippen molar-refractivity contribution in [3.8, 4) is 0 Å². The standard InChI is InChI=1S/C8H11NO2S/c1-5(8(10)11-3)7-4-9-6(2)12-7/h4-5H,1-3H3/t5-/m0/s1. The van der Waals surface area contributed by atoms with Crippen molar-refractivity contribution in [2.45, 2.75) is 19.8 Å². The highest BCUT2D eigenvalue weighted by Gasteiger charge is 2.17. The molecule has 1 aromatic rings. The van der Waals surface area contributed by atoms with E-state index in [0.717, 1.165) is 9.88 Å². The van der Waals surface area contributed by atoms with Crippen LogP contribution in [0.25, 0.3) is 0 Å². The van der Waals surface area contributed by atoms with Gasteiger partial charge in [-0.15, -0.1) is 11.3 Å². The number of esters is 1. The molecule has 0 N–H and O–H groups in total. The molecule has 0 aliphatic heterocycles. The molecular weight excluding hydrogens is 174 g/mol. The van der Waals surface area contributed by atoms with E-state index >= 15 is 0 Å². The number of thiazole rings is 1. The minimum Gasteiger partial charge on any atom is -0.469 e. The summed E-state index contributed by atoms with van der Waals surface area (Å²) < 4.78 is 4.62. The lowest BCUT2D eigenvalue weighted by Crippen LogP contribution is -2.09. The number of rotatable bonds is 2. The Morgan fingerprint density at radius 2 is 2.42 bits per heavy atom. The maximum atomic E-state index is 11.1. The minimum atomic E-state index is -0.210. The molecule has 0 amide bonds. The second-order valence-corrected chi connectivity index (χ2v) is 3.79. The van der Waals surface area contributed by atoms with E-state index in [9.17, 15) is 4.79 Å². The first-order valence-electron chi connectivity index (χ1n) is 3.65. The molecule has 0 aromatic carbocycles. The van der Waals surface area contributed by atoms with Crippen LogP contribution in [0.5, 0.6) is 0 Å². The second kappa shape index (κ2) is 3.67. The molecule has 4 heteroatoms. The molecule has 0 saturated heterocycles. The molecule has 1 aromatic heterocycles. The number of aryl methyl sites for hydroxylation is 1. The van der Waals surface area contributed by atoms with Crippen LogP contribution in [-0.4, -0.2) is 18.1 Å². The van der Waals surface area contributed by atoms with E-state index in [2.05, 4.69) is 9.72 Å². The van der Waals surface area contributed by atoms with Crippen LogP contribution in [0, 0.1) is 6.92 Å². The monoisotopic (exact) mass is 185 g/mol. The van der Waals surface area contributed by atoms with Crippen LogP contribution in [0.2, 0.25) is 0 Å².